The van der Waals surface area contributed by atoms with E-state index in [1.165, 1.54) is 0 Å². The van der Waals surface area contributed by atoms with Crippen LogP contribution >= 0.6 is 0 Å². The Hall–Kier alpha value is -2.57. The summed E-state index contributed by atoms with van der Waals surface area (Å²) in [5.74, 6) is -1.93. The maximum Gasteiger partial charge on any atom is 0.411 e. The highest BCUT2D eigenvalue weighted by atomic mass is 16.6. The summed E-state index contributed by atoms with van der Waals surface area (Å²) in [7, 11) is 0. The van der Waals surface area contributed by atoms with Crippen LogP contribution in [0.3, 0.4) is 0 Å². The van der Waals surface area contributed by atoms with E-state index in [2.05, 4.69) is 0 Å². The van der Waals surface area contributed by atoms with Crippen molar-refractivity contribution < 1.29 is 29.0 Å². The molecule has 1 atom stereocenters. The number of benzene rings is 1. The number of carbonyl (C=O) groups is 3. The number of carboxylic acids is 1. The molecule has 7 nitrogen and oxygen atoms in total. The van der Waals surface area contributed by atoms with E-state index < -0.39 is 41.8 Å². The third-order valence-electron chi connectivity index (χ3n) is 3.28. The Kier molecular flexibility index (Phi) is 7.39. The number of nitrogens with zero attached hydrogens (tertiary/aromatic N) is 1. The minimum absolute atomic E-state index is 0.0399. The quantitative estimate of drug-likeness (QED) is 0.763. The summed E-state index contributed by atoms with van der Waals surface area (Å²) in [6.45, 7) is 9.58. The van der Waals surface area contributed by atoms with Crippen LogP contribution in [-0.2, 0) is 25.5 Å². The minimum Gasteiger partial charge on any atom is -0.480 e. The van der Waals surface area contributed by atoms with E-state index in [4.69, 9.17) is 9.47 Å². The zero-order valence-electron chi connectivity index (χ0n) is 16.8. The molecule has 0 heterocycles. The van der Waals surface area contributed by atoms with Gasteiger partial charge in [0.2, 0.25) is 0 Å². The number of aliphatic carboxylic acids is 1. The molecule has 1 rings (SSSR count). The van der Waals surface area contributed by atoms with Gasteiger partial charge in [0.15, 0.2) is 0 Å². The number of esters is 1. The second kappa shape index (κ2) is 8.88. The van der Waals surface area contributed by atoms with Crippen molar-refractivity contribution in [2.45, 2.75) is 65.2 Å². The molecular formula is C20H29NO6. The third kappa shape index (κ3) is 8.57. The fourth-order valence-electron chi connectivity index (χ4n) is 2.30. The summed E-state index contributed by atoms with van der Waals surface area (Å²) >= 11 is 0. The van der Waals surface area contributed by atoms with Crippen molar-refractivity contribution in [1.82, 2.24) is 4.90 Å². The molecule has 0 saturated heterocycles. The van der Waals surface area contributed by atoms with Gasteiger partial charge >= 0.3 is 18.0 Å². The van der Waals surface area contributed by atoms with Crippen LogP contribution in [0.25, 0.3) is 0 Å². The molecule has 0 aliphatic carbocycles. The molecule has 0 radical (unpaired) electrons. The molecule has 150 valence electrons. The summed E-state index contributed by atoms with van der Waals surface area (Å²) in [5, 5.41) is 9.70. The van der Waals surface area contributed by atoms with Crippen molar-refractivity contribution in [1.29, 1.82) is 0 Å². The van der Waals surface area contributed by atoms with E-state index in [1.807, 2.05) is 6.07 Å². The number of amides is 1. The maximum atomic E-state index is 12.6. The van der Waals surface area contributed by atoms with Crippen LogP contribution < -0.4 is 0 Å². The highest BCUT2D eigenvalue weighted by molar-refractivity contribution is 5.84. The number of carboxylic acid groups (broad SMARTS) is 1. The molecule has 0 aromatic heterocycles. The molecule has 0 saturated carbocycles. The number of carbonyl (C=O) groups excluding carboxylic acids is 2. The van der Waals surface area contributed by atoms with Gasteiger partial charge < -0.3 is 14.6 Å². The van der Waals surface area contributed by atoms with Crippen molar-refractivity contribution >= 4 is 18.0 Å². The lowest BCUT2D eigenvalue weighted by Crippen LogP contribution is -2.51. The van der Waals surface area contributed by atoms with Crippen LogP contribution in [0, 0.1) is 0 Å². The van der Waals surface area contributed by atoms with E-state index in [0.29, 0.717) is 0 Å². The Bertz CT molecular complexity index is 657. The van der Waals surface area contributed by atoms with Gasteiger partial charge in [-0.2, -0.15) is 0 Å². The van der Waals surface area contributed by atoms with E-state index in [-0.39, 0.29) is 6.42 Å². The number of ether oxygens (including phenoxy) is 2. The SMILES string of the molecule is CC(C)(C)OC(=O)CN(C(=O)OC(C)(C)C)C(Cc1ccccc1)C(=O)O. The predicted molar refractivity (Wildman–Crippen MR) is 100 cm³/mol. The zero-order valence-corrected chi connectivity index (χ0v) is 16.8. The Morgan fingerprint density at radius 2 is 1.48 bits per heavy atom. The monoisotopic (exact) mass is 379 g/mol. The minimum atomic E-state index is -1.27. The van der Waals surface area contributed by atoms with Crippen LogP contribution in [-0.4, -0.2) is 51.8 Å². The molecule has 0 spiro atoms. The molecule has 1 unspecified atom stereocenters. The van der Waals surface area contributed by atoms with Crippen LogP contribution in [0.15, 0.2) is 30.3 Å². The lowest BCUT2D eigenvalue weighted by Gasteiger charge is -2.31. The molecule has 27 heavy (non-hydrogen) atoms. The highest BCUT2D eigenvalue weighted by Crippen LogP contribution is 2.17. The molecule has 0 aliphatic heterocycles. The van der Waals surface area contributed by atoms with Crippen LogP contribution in [0.2, 0.25) is 0 Å². The normalized spacial score (nSPS) is 12.8. The van der Waals surface area contributed by atoms with E-state index in [0.717, 1.165) is 10.5 Å². The van der Waals surface area contributed by atoms with Gasteiger partial charge in [0.05, 0.1) is 0 Å². The smallest absolute Gasteiger partial charge is 0.411 e. The predicted octanol–water partition coefficient (Wildman–Crippen LogP) is 3.26. The first kappa shape index (κ1) is 22.5. The van der Waals surface area contributed by atoms with Gasteiger partial charge in [-0.05, 0) is 47.1 Å². The molecule has 1 aromatic rings. The lowest BCUT2D eigenvalue weighted by atomic mass is 10.0. The Balaban J connectivity index is 3.12. The van der Waals surface area contributed by atoms with Gasteiger partial charge in [0.25, 0.3) is 0 Å². The topological polar surface area (TPSA) is 93.1 Å². The van der Waals surface area contributed by atoms with E-state index >= 15 is 0 Å². The van der Waals surface area contributed by atoms with Crippen LogP contribution in [0.5, 0.6) is 0 Å². The van der Waals surface area contributed by atoms with E-state index in [9.17, 15) is 19.5 Å². The fourth-order valence-corrected chi connectivity index (χ4v) is 2.30. The largest absolute Gasteiger partial charge is 0.480 e. The zero-order chi connectivity index (χ0) is 20.8. The van der Waals surface area contributed by atoms with Crippen molar-refractivity contribution in [3.63, 3.8) is 0 Å². The third-order valence-corrected chi connectivity index (χ3v) is 3.28. The second-order valence-corrected chi connectivity index (χ2v) is 8.24. The van der Waals surface area contributed by atoms with Crippen molar-refractivity contribution in [3.8, 4) is 0 Å². The first-order valence-corrected chi connectivity index (χ1v) is 8.77. The number of hydrogen-bond donors (Lipinski definition) is 1. The maximum absolute atomic E-state index is 12.6. The van der Waals surface area contributed by atoms with Crippen LogP contribution in [0.4, 0.5) is 4.79 Å². The molecule has 1 N–H and O–H groups in total. The van der Waals surface area contributed by atoms with Gasteiger partial charge in [-0.25, -0.2) is 9.59 Å². The molecule has 1 amide bonds. The number of rotatable bonds is 6. The van der Waals surface area contributed by atoms with Crippen molar-refractivity contribution in [2.24, 2.45) is 0 Å². The summed E-state index contributed by atoms with van der Waals surface area (Å²) in [6, 6.07) is 7.62. The Morgan fingerprint density at radius 3 is 1.93 bits per heavy atom. The average molecular weight is 379 g/mol. The molecule has 0 aliphatic rings. The Morgan fingerprint density at radius 1 is 0.963 bits per heavy atom. The molecule has 0 bridgehead atoms. The first-order valence-electron chi connectivity index (χ1n) is 8.77. The fraction of sp³-hybridized carbons (Fsp3) is 0.550. The summed E-state index contributed by atoms with van der Waals surface area (Å²) in [4.78, 5) is 37.7. The second-order valence-electron chi connectivity index (χ2n) is 8.24. The van der Waals surface area contributed by atoms with E-state index in [1.54, 1.807) is 65.8 Å². The number of hydrogen-bond acceptors (Lipinski definition) is 5. The Labute approximate surface area is 160 Å². The van der Waals surface area contributed by atoms with Gasteiger partial charge in [0, 0.05) is 6.42 Å². The summed E-state index contributed by atoms with van der Waals surface area (Å²) in [5.41, 5.74) is -0.865. The average Bonchev–Trinajstić information content (AvgIpc) is 2.48. The summed E-state index contributed by atoms with van der Waals surface area (Å²) < 4.78 is 10.6. The van der Waals surface area contributed by atoms with Gasteiger partial charge in [0.1, 0.15) is 23.8 Å². The van der Waals surface area contributed by atoms with Crippen molar-refractivity contribution in [2.75, 3.05) is 6.54 Å². The standard InChI is InChI=1S/C20H29NO6/c1-19(2,3)26-16(22)13-21(18(25)27-20(4,5)6)15(17(23)24)12-14-10-8-7-9-11-14/h7-11,15H,12-13H2,1-6H3,(H,23,24). The molecule has 1 aromatic carbocycles. The van der Waals surface area contributed by atoms with Gasteiger partial charge in [-0.15, -0.1) is 0 Å². The molecular weight excluding hydrogens is 350 g/mol. The molecule has 7 heteroatoms. The van der Waals surface area contributed by atoms with Gasteiger partial charge in [-0.1, -0.05) is 30.3 Å². The van der Waals surface area contributed by atoms with Crippen LogP contribution in [0.1, 0.15) is 47.1 Å². The highest BCUT2D eigenvalue weighted by Gasteiger charge is 2.35. The van der Waals surface area contributed by atoms with Gasteiger partial charge in [-0.3, -0.25) is 9.69 Å². The molecule has 0 fully saturated rings. The first-order chi connectivity index (χ1) is 12.3. The lowest BCUT2D eigenvalue weighted by molar-refractivity contribution is -0.157. The summed E-state index contributed by atoms with van der Waals surface area (Å²) in [6.07, 6.45) is -0.838. The van der Waals surface area contributed by atoms with Crippen molar-refractivity contribution in [3.05, 3.63) is 35.9 Å².